The van der Waals surface area contributed by atoms with Gasteiger partial charge < -0.3 is 10.6 Å². The molecule has 0 aliphatic carbocycles. The average molecular weight is 436 g/mol. The first-order valence-electron chi connectivity index (χ1n) is 9.41. The lowest BCUT2D eigenvalue weighted by molar-refractivity contribution is 0.0960. The molecule has 1 aliphatic heterocycles. The Bertz CT molecular complexity index is 1350. The molecule has 0 saturated carbocycles. The number of benzene rings is 3. The summed E-state index contributed by atoms with van der Waals surface area (Å²) in [6.45, 7) is 0. The number of hydrogen-bond donors (Lipinski definition) is 4. The Morgan fingerprint density at radius 3 is 2.77 bits per heavy atom. The molecular formula is C22H15ClFN5O2. The van der Waals surface area contributed by atoms with E-state index >= 15 is 0 Å². The van der Waals surface area contributed by atoms with E-state index in [0.717, 1.165) is 10.9 Å². The second-order valence-electron chi connectivity index (χ2n) is 7.04. The summed E-state index contributed by atoms with van der Waals surface area (Å²) in [5.74, 6) is -0.432. The summed E-state index contributed by atoms with van der Waals surface area (Å²) in [4.78, 5) is 25.2. The molecule has 1 unspecified atom stereocenters. The maximum Gasteiger partial charge on any atom is 0.324 e. The van der Waals surface area contributed by atoms with Gasteiger partial charge in [0.05, 0.1) is 11.6 Å². The molecule has 7 nitrogen and oxygen atoms in total. The van der Waals surface area contributed by atoms with Gasteiger partial charge in [-0.25, -0.2) is 9.18 Å². The number of nitrogens with one attached hydrogen (secondary N) is 4. The third-order valence-electron chi connectivity index (χ3n) is 5.13. The highest BCUT2D eigenvalue weighted by molar-refractivity contribution is 6.31. The van der Waals surface area contributed by atoms with Crippen molar-refractivity contribution in [1.29, 1.82) is 0 Å². The quantitative estimate of drug-likeness (QED) is 0.371. The monoisotopic (exact) mass is 435 g/mol. The number of para-hydroxylation sites is 1. The standard InChI is InChI=1S/C22H15ClFN5O2/c23-15-9-8-11(24)10-14(15)19-18-13(21(30)26-19)5-3-7-17(18)25-22(31)27-20-12-4-1-2-6-16(12)28-29-20/h1-10,19H,(H,26,30)(H3,25,27,28,29,31). The van der Waals surface area contributed by atoms with Gasteiger partial charge in [0.15, 0.2) is 5.82 Å². The number of halogens is 2. The number of aromatic amines is 1. The van der Waals surface area contributed by atoms with Gasteiger partial charge >= 0.3 is 6.03 Å². The number of carbonyl (C=O) groups excluding carboxylic acids is 2. The molecule has 0 saturated heterocycles. The van der Waals surface area contributed by atoms with Gasteiger partial charge in [-0.3, -0.25) is 15.2 Å². The summed E-state index contributed by atoms with van der Waals surface area (Å²) in [5.41, 5.74) is 2.49. The van der Waals surface area contributed by atoms with Crippen LogP contribution in [-0.4, -0.2) is 22.1 Å². The minimum atomic E-state index is -0.701. The van der Waals surface area contributed by atoms with Crippen LogP contribution in [0.2, 0.25) is 5.02 Å². The highest BCUT2D eigenvalue weighted by atomic mass is 35.5. The molecule has 31 heavy (non-hydrogen) atoms. The van der Waals surface area contributed by atoms with Crippen LogP contribution in [-0.2, 0) is 0 Å². The number of carbonyl (C=O) groups is 2. The summed E-state index contributed by atoms with van der Waals surface area (Å²) in [7, 11) is 0. The topological polar surface area (TPSA) is 98.9 Å². The number of fused-ring (bicyclic) bond motifs is 2. The first-order chi connectivity index (χ1) is 15.0. The van der Waals surface area contributed by atoms with E-state index in [9.17, 15) is 14.0 Å². The predicted octanol–water partition coefficient (Wildman–Crippen LogP) is 4.83. The van der Waals surface area contributed by atoms with Gasteiger partial charge in [0.2, 0.25) is 0 Å². The van der Waals surface area contributed by atoms with Crippen molar-refractivity contribution in [3.63, 3.8) is 0 Å². The molecule has 1 atom stereocenters. The maximum absolute atomic E-state index is 13.9. The summed E-state index contributed by atoms with van der Waals surface area (Å²) in [5, 5.41) is 16.3. The summed E-state index contributed by atoms with van der Waals surface area (Å²) < 4.78 is 13.9. The first kappa shape index (κ1) is 19.1. The van der Waals surface area contributed by atoms with E-state index in [4.69, 9.17) is 11.6 Å². The molecule has 3 amide bonds. The van der Waals surface area contributed by atoms with Gasteiger partial charge in [-0.2, -0.15) is 5.10 Å². The lowest BCUT2D eigenvalue weighted by Gasteiger charge is -2.18. The Morgan fingerprint density at radius 2 is 1.90 bits per heavy atom. The fourth-order valence-electron chi connectivity index (χ4n) is 3.75. The van der Waals surface area contributed by atoms with Crippen molar-refractivity contribution < 1.29 is 14.0 Å². The van der Waals surface area contributed by atoms with Crippen LogP contribution in [0.15, 0.2) is 60.7 Å². The average Bonchev–Trinajstić information content (AvgIpc) is 3.32. The second kappa shape index (κ2) is 7.41. The third-order valence-corrected chi connectivity index (χ3v) is 5.48. The molecule has 4 aromatic rings. The third kappa shape index (κ3) is 3.36. The predicted molar refractivity (Wildman–Crippen MR) is 116 cm³/mol. The number of anilines is 2. The smallest absolute Gasteiger partial charge is 0.324 e. The number of hydrogen-bond acceptors (Lipinski definition) is 3. The summed E-state index contributed by atoms with van der Waals surface area (Å²) in [6.07, 6.45) is 0. The van der Waals surface area contributed by atoms with Crippen molar-refractivity contribution in [1.82, 2.24) is 15.5 Å². The van der Waals surface area contributed by atoms with Crippen molar-refractivity contribution in [3.8, 4) is 0 Å². The number of aromatic nitrogens is 2. The summed E-state index contributed by atoms with van der Waals surface area (Å²) >= 11 is 6.27. The van der Waals surface area contributed by atoms with E-state index in [-0.39, 0.29) is 5.91 Å². The van der Waals surface area contributed by atoms with Crippen LogP contribution >= 0.6 is 11.6 Å². The lowest BCUT2D eigenvalue weighted by Crippen LogP contribution is -2.23. The van der Waals surface area contributed by atoms with Gasteiger partial charge in [-0.1, -0.05) is 29.8 Å². The molecule has 4 N–H and O–H groups in total. The van der Waals surface area contributed by atoms with Crippen LogP contribution in [0.1, 0.15) is 27.5 Å². The number of H-pyrrole nitrogens is 1. The zero-order valence-corrected chi connectivity index (χ0v) is 16.6. The number of amides is 3. The van der Waals surface area contributed by atoms with Crippen LogP contribution < -0.4 is 16.0 Å². The zero-order valence-electron chi connectivity index (χ0n) is 15.9. The highest BCUT2D eigenvalue weighted by Crippen LogP contribution is 2.39. The molecule has 5 rings (SSSR count). The number of nitrogens with zero attached hydrogens (tertiary/aromatic N) is 1. The van der Waals surface area contributed by atoms with Crippen molar-refractivity contribution in [3.05, 3.63) is 88.2 Å². The van der Waals surface area contributed by atoms with E-state index < -0.39 is 17.9 Å². The molecule has 154 valence electrons. The van der Waals surface area contributed by atoms with Gasteiger partial charge in [0.25, 0.3) is 5.91 Å². The second-order valence-corrected chi connectivity index (χ2v) is 7.44. The van der Waals surface area contributed by atoms with Crippen molar-refractivity contribution in [2.75, 3.05) is 10.6 Å². The largest absolute Gasteiger partial charge is 0.341 e. The molecule has 0 bridgehead atoms. The van der Waals surface area contributed by atoms with Crippen LogP contribution in [0.5, 0.6) is 0 Å². The molecular weight excluding hydrogens is 421 g/mol. The molecule has 0 fully saturated rings. The fourth-order valence-corrected chi connectivity index (χ4v) is 3.98. The Kier molecular flexibility index (Phi) is 4.56. The Labute approximate surface area is 180 Å². The Hall–Kier alpha value is -3.91. The SMILES string of the molecule is O=C(Nc1cccc2c1C(c1cc(F)ccc1Cl)NC2=O)Nc1n[nH]c2ccccc12. The molecule has 2 heterocycles. The van der Waals surface area contributed by atoms with Crippen LogP contribution in [0.3, 0.4) is 0 Å². The van der Waals surface area contributed by atoms with Gasteiger partial charge in [-0.15, -0.1) is 0 Å². The Balaban J connectivity index is 1.48. The van der Waals surface area contributed by atoms with E-state index in [0.29, 0.717) is 33.2 Å². The number of rotatable bonds is 3. The lowest BCUT2D eigenvalue weighted by atomic mass is 9.96. The van der Waals surface area contributed by atoms with Gasteiger partial charge in [0.1, 0.15) is 5.82 Å². The molecule has 1 aliphatic rings. The maximum atomic E-state index is 13.9. The first-order valence-corrected chi connectivity index (χ1v) is 9.79. The van der Waals surface area contributed by atoms with Gasteiger partial charge in [0, 0.05) is 32.8 Å². The van der Waals surface area contributed by atoms with Crippen molar-refractivity contribution in [2.45, 2.75) is 6.04 Å². The molecule has 0 radical (unpaired) electrons. The molecule has 9 heteroatoms. The van der Waals surface area contributed by atoms with Crippen LogP contribution in [0.4, 0.5) is 20.7 Å². The van der Waals surface area contributed by atoms with Crippen LogP contribution in [0, 0.1) is 5.82 Å². The number of urea groups is 1. The fraction of sp³-hybridized carbons (Fsp3) is 0.0455. The van der Waals surface area contributed by atoms with E-state index in [1.165, 1.54) is 18.2 Å². The summed E-state index contributed by atoms with van der Waals surface area (Å²) in [6, 6.07) is 15.1. The molecule has 0 spiro atoms. The highest BCUT2D eigenvalue weighted by Gasteiger charge is 2.34. The van der Waals surface area contributed by atoms with Crippen molar-refractivity contribution >= 4 is 45.9 Å². The minimum absolute atomic E-state index is 0.307. The molecule has 1 aromatic heterocycles. The van der Waals surface area contributed by atoms with Gasteiger partial charge in [-0.05, 0) is 42.5 Å². The van der Waals surface area contributed by atoms with E-state index in [2.05, 4.69) is 26.1 Å². The molecule has 3 aromatic carbocycles. The van der Waals surface area contributed by atoms with E-state index in [1.807, 2.05) is 24.3 Å². The van der Waals surface area contributed by atoms with E-state index in [1.54, 1.807) is 18.2 Å². The van der Waals surface area contributed by atoms with Crippen LogP contribution in [0.25, 0.3) is 10.9 Å². The zero-order chi connectivity index (χ0) is 21.5. The van der Waals surface area contributed by atoms with Crippen molar-refractivity contribution in [2.24, 2.45) is 0 Å². The normalized spacial score (nSPS) is 14.9. The minimum Gasteiger partial charge on any atom is -0.341 e. The Morgan fingerprint density at radius 1 is 1.06 bits per heavy atom.